The predicted octanol–water partition coefficient (Wildman–Crippen LogP) is 3.28. The Bertz CT molecular complexity index is 1040. The fourth-order valence-corrected chi connectivity index (χ4v) is 3.23. The van der Waals surface area contributed by atoms with Gasteiger partial charge in [0.05, 0.1) is 11.1 Å². The zero-order valence-electron chi connectivity index (χ0n) is 13.5. The summed E-state index contributed by atoms with van der Waals surface area (Å²) in [4.78, 5) is 30.1. The maximum absolute atomic E-state index is 12.9. The van der Waals surface area contributed by atoms with Gasteiger partial charge < -0.3 is 15.2 Å². The van der Waals surface area contributed by atoms with Crippen LogP contribution in [0.3, 0.4) is 0 Å². The third kappa shape index (κ3) is 2.50. The average Bonchev–Trinajstić information content (AvgIpc) is 2.63. The molecule has 0 fully saturated rings. The first-order valence-corrected chi connectivity index (χ1v) is 8.08. The van der Waals surface area contributed by atoms with E-state index < -0.39 is 6.17 Å². The Morgan fingerprint density at radius 3 is 2.68 bits per heavy atom. The summed E-state index contributed by atoms with van der Waals surface area (Å²) in [6.07, 6.45) is 1.12. The van der Waals surface area contributed by atoms with Gasteiger partial charge in [-0.05, 0) is 29.7 Å². The van der Waals surface area contributed by atoms with E-state index in [0.717, 1.165) is 16.6 Å². The zero-order chi connectivity index (χ0) is 17.4. The number of carbonyl (C=O) groups excluding carboxylic acids is 1. The van der Waals surface area contributed by atoms with Crippen LogP contribution in [0.5, 0.6) is 0 Å². The summed E-state index contributed by atoms with van der Waals surface area (Å²) < 4.78 is 0. The maximum Gasteiger partial charge on any atom is 0.258 e. The van der Waals surface area contributed by atoms with Gasteiger partial charge in [0.15, 0.2) is 0 Å². The summed E-state index contributed by atoms with van der Waals surface area (Å²) in [5, 5.41) is 4.24. The number of para-hydroxylation sites is 2. The first-order chi connectivity index (χ1) is 12.2. The third-order valence-electron chi connectivity index (χ3n) is 4.42. The van der Waals surface area contributed by atoms with Gasteiger partial charge in [-0.25, -0.2) is 0 Å². The number of amides is 1. The molecule has 5 heteroatoms. The molecule has 0 saturated heterocycles. The molecule has 0 spiro atoms. The van der Waals surface area contributed by atoms with E-state index in [0.29, 0.717) is 17.7 Å². The lowest BCUT2D eigenvalue weighted by Gasteiger charge is -2.37. The number of nitrogens with zero attached hydrogens (tertiary/aromatic N) is 1. The van der Waals surface area contributed by atoms with Crippen molar-refractivity contribution in [1.82, 2.24) is 9.88 Å². The molecule has 5 nitrogen and oxygen atoms in total. The third-order valence-corrected chi connectivity index (χ3v) is 4.42. The van der Waals surface area contributed by atoms with E-state index in [1.54, 1.807) is 17.0 Å². The van der Waals surface area contributed by atoms with Crippen molar-refractivity contribution in [2.45, 2.75) is 6.17 Å². The van der Waals surface area contributed by atoms with E-state index in [2.05, 4.69) is 16.9 Å². The number of anilines is 1. The molecule has 1 atom stereocenters. The number of benzene rings is 2. The molecule has 124 valence electrons. The highest BCUT2D eigenvalue weighted by molar-refractivity contribution is 6.01. The Hall–Kier alpha value is -3.34. The molecule has 1 aliphatic heterocycles. The number of pyridine rings is 1. The molecule has 1 amide bonds. The zero-order valence-corrected chi connectivity index (χ0v) is 13.5. The minimum atomic E-state index is -0.547. The summed E-state index contributed by atoms with van der Waals surface area (Å²) in [7, 11) is 0. The van der Waals surface area contributed by atoms with Crippen molar-refractivity contribution in [3.05, 3.63) is 88.7 Å². The van der Waals surface area contributed by atoms with E-state index in [1.165, 1.54) is 0 Å². The fraction of sp³-hybridized carbons (Fsp3) is 0.100. The van der Waals surface area contributed by atoms with Crippen LogP contribution in [0, 0.1) is 0 Å². The normalized spacial score (nSPS) is 16.4. The van der Waals surface area contributed by atoms with E-state index in [9.17, 15) is 9.59 Å². The highest BCUT2D eigenvalue weighted by Crippen LogP contribution is 2.32. The van der Waals surface area contributed by atoms with Crippen molar-refractivity contribution in [2.24, 2.45) is 0 Å². The molecule has 25 heavy (non-hydrogen) atoms. The van der Waals surface area contributed by atoms with Gasteiger partial charge in [0.1, 0.15) is 6.17 Å². The molecule has 1 aromatic heterocycles. The van der Waals surface area contributed by atoms with Crippen LogP contribution in [0.2, 0.25) is 0 Å². The van der Waals surface area contributed by atoms with Gasteiger partial charge >= 0.3 is 0 Å². The monoisotopic (exact) mass is 331 g/mol. The lowest BCUT2D eigenvalue weighted by Crippen LogP contribution is -2.44. The standard InChI is InChI=1S/C20H17N3O2/c1-2-11-23-18(21-17-10-6-4-8-14(17)20(23)25)15-12-13-7-3-5-9-16(13)22-19(15)24/h2-10,12,18,21H,1,11H2,(H,22,24)/t18-/m0/s1. The van der Waals surface area contributed by atoms with Crippen molar-refractivity contribution < 1.29 is 4.79 Å². The molecule has 2 aromatic carbocycles. The first kappa shape index (κ1) is 15.2. The Morgan fingerprint density at radius 2 is 1.84 bits per heavy atom. The van der Waals surface area contributed by atoms with Crippen LogP contribution in [-0.4, -0.2) is 22.3 Å². The maximum atomic E-state index is 12.9. The van der Waals surface area contributed by atoms with E-state index in [-0.39, 0.29) is 11.5 Å². The lowest BCUT2D eigenvalue weighted by molar-refractivity contribution is 0.0706. The van der Waals surface area contributed by atoms with Gasteiger partial charge in [0, 0.05) is 17.7 Å². The molecule has 0 radical (unpaired) electrons. The smallest absolute Gasteiger partial charge is 0.258 e. The minimum absolute atomic E-state index is 0.119. The highest BCUT2D eigenvalue weighted by Gasteiger charge is 2.33. The van der Waals surface area contributed by atoms with Crippen molar-refractivity contribution in [2.75, 3.05) is 11.9 Å². The Labute approximate surface area is 144 Å². The van der Waals surface area contributed by atoms with Crippen LogP contribution in [0.1, 0.15) is 22.1 Å². The van der Waals surface area contributed by atoms with Crippen molar-refractivity contribution in [3.8, 4) is 0 Å². The number of hydrogen-bond donors (Lipinski definition) is 2. The molecule has 4 rings (SSSR count). The summed E-state index contributed by atoms with van der Waals surface area (Å²) in [5.74, 6) is -0.119. The lowest BCUT2D eigenvalue weighted by atomic mass is 10.0. The van der Waals surface area contributed by atoms with Crippen LogP contribution in [0.4, 0.5) is 5.69 Å². The van der Waals surface area contributed by atoms with Crippen LogP contribution in [0.25, 0.3) is 10.9 Å². The molecular weight excluding hydrogens is 314 g/mol. The van der Waals surface area contributed by atoms with E-state index >= 15 is 0 Å². The number of aromatic nitrogens is 1. The van der Waals surface area contributed by atoms with E-state index in [4.69, 9.17) is 0 Å². The van der Waals surface area contributed by atoms with E-state index in [1.807, 2.05) is 48.5 Å². The summed E-state index contributed by atoms with van der Waals surface area (Å²) >= 11 is 0. The summed E-state index contributed by atoms with van der Waals surface area (Å²) in [6.45, 7) is 4.08. The number of rotatable bonds is 3. The molecule has 0 aliphatic carbocycles. The molecule has 1 aliphatic rings. The molecule has 3 aromatic rings. The minimum Gasteiger partial charge on any atom is -0.361 e. The Balaban J connectivity index is 1.88. The Morgan fingerprint density at radius 1 is 1.08 bits per heavy atom. The quantitative estimate of drug-likeness (QED) is 0.724. The summed E-state index contributed by atoms with van der Waals surface area (Å²) in [5.41, 5.74) is 2.39. The van der Waals surface area contributed by atoms with Gasteiger partial charge in [-0.2, -0.15) is 0 Å². The molecule has 2 heterocycles. The molecular formula is C20H17N3O2. The number of fused-ring (bicyclic) bond motifs is 2. The number of carbonyl (C=O) groups is 1. The van der Waals surface area contributed by atoms with Crippen LogP contribution in [0.15, 0.2) is 72.0 Å². The molecule has 0 saturated carbocycles. The largest absolute Gasteiger partial charge is 0.361 e. The second kappa shape index (κ2) is 5.94. The second-order valence-electron chi connectivity index (χ2n) is 5.98. The van der Waals surface area contributed by atoms with Crippen LogP contribution < -0.4 is 10.9 Å². The predicted molar refractivity (Wildman–Crippen MR) is 98.6 cm³/mol. The molecule has 2 N–H and O–H groups in total. The van der Waals surface area contributed by atoms with Gasteiger partial charge in [0.2, 0.25) is 0 Å². The second-order valence-corrected chi connectivity index (χ2v) is 5.98. The van der Waals surface area contributed by atoms with Crippen LogP contribution in [-0.2, 0) is 0 Å². The molecule has 0 unspecified atom stereocenters. The average molecular weight is 331 g/mol. The fourth-order valence-electron chi connectivity index (χ4n) is 3.23. The van der Waals surface area contributed by atoms with Crippen LogP contribution >= 0.6 is 0 Å². The highest BCUT2D eigenvalue weighted by atomic mass is 16.2. The van der Waals surface area contributed by atoms with Gasteiger partial charge in [0.25, 0.3) is 11.5 Å². The topological polar surface area (TPSA) is 65.2 Å². The first-order valence-electron chi connectivity index (χ1n) is 8.08. The van der Waals surface area contributed by atoms with Gasteiger partial charge in [-0.15, -0.1) is 6.58 Å². The van der Waals surface area contributed by atoms with Crippen molar-refractivity contribution >= 4 is 22.5 Å². The SMILES string of the molecule is C=CCN1C(=O)c2ccccc2N[C@@H]1c1cc2ccccc2[nH]c1=O. The summed E-state index contributed by atoms with van der Waals surface area (Å²) in [6, 6.07) is 16.7. The Kier molecular flexibility index (Phi) is 3.61. The number of aromatic amines is 1. The number of hydrogen-bond acceptors (Lipinski definition) is 3. The number of nitrogens with one attached hydrogen (secondary N) is 2. The number of H-pyrrole nitrogens is 1. The van der Waals surface area contributed by atoms with Gasteiger partial charge in [-0.3, -0.25) is 9.59 Å². The van der Waals surface area contributed by atoms with Crippen molar-refractivity contribution in [3.63, 3.8) is 0 Å². The van der Waals surface area contributed by atoms with Crippen molar-refractivity contribution in [1.29, 1.82) is 0 Å². The van der Waals surface area contributed by atoms with Gasteiger partial charge in [-0.1, -0.05) is 36.4 Å². The molecule has 0 bridgehead atoms.